The van der Waals surface area contributed by atoms with Gasteiger partial charge >= 0.3 is 0 Å². The average molecular weight is 419 g/mol. The smallest absolute Gasteiger partial charge is 0.225 e. The van der Waals surface area contributed by atoms with Crippen molar-refractivity contribution in [1.82, 2.24) is 14.9 Å². The number of β-amino-alcohol motifs (C(OH)–C–C–N with tert-alkyl or cyclic N) is 1. The molecule has 0 saturated carbocycles. The van der Waals surface area contributed by atoms with Crippen molar-refractivity contribution in [2.75, 3.05) is 51.3 Å². The van der Waals surface area contributed by atoms with E-state index in [2.05, 4.69) is 38.8 Å². The lowest BCUT2D eigenvalue weighted by atomic mass is 10.0. The molecule has 0 unspecified atom stereocenters. The molecule has 3 aromatic rings. The molecule has 3 heterocycles. The molecule has 8 heteroatoms. The van der Waals surface area contributed by atoms with E-state index in [1.165, 1.54) is 4.88 Å². The number of aliphatic hydroxyl groups is 1. The number of thiophene rings is 1. The van der Waals surface area contributed by atoms with Gasteiger partial charge in [-0.25, -0.2) is 4.98 Å². The van der Waals surface area contributed by atoms with Gasteiger partial charge < -0.3 is 14.7 Å². The van der Waals surface area contributed by atoms with Crippen molar-refractivity contribution in [2.24, 2.45) is 0 Å². The average Bonchev–Trinajstić information content (AvgIpc) is 3.03. The minimum Gasteiger partial charge on any atom is -0.497 e. The van der Waals surface area contributed by atoms with E-state index in [0.717, 1.165) is 59.1 Å². The number of aromatic nitrogens is 2. The van der Waals surface area contributed by atoms with Gasteiger partial charge in [0.05, 0.1) is 19.1 Å². The second-order valence-corrected chi connectivity index (χ2v) is 8.35. The quantitative estimate of drug-likeness (QED) is 0.640. The van der Waals surface area contributed by atoms with Gasteiger partial charge in [0.1, 0.15) is 16.4 Å². The monoisotopic (exact) mass is 418 g/mol. The summed E-state index contributed by atoms with van der Waals surface area (Å²) in [7, 11) is 1.67. The van der Waals surface area contributed by atoms with Crippen molar-refractivity contribution in [3.8, 4) is 16.9 Å². The number of benzene rings is 1. The SMILES string of the molecule is COc1ccc(-c2c(C)sc3nc(Cl)nc(N4CCN(CCO)CC4)c23)cc1. The predicted molar refractivity (Wildman–Crippen MR) is 115 cm³/mol. The van der Waals surface area contributed by atoms with Gasteiger partial charge in [-0.3, -0.25) is 4.90 Å². The third-order valence-corrected chi connectivity index (χ3v) is 6.32. The number of methoxy groups -OCH3 is 1. The Kier molecular flexibility index (Phi) is 5.68. The summed E-state index contributed by atoms with van der Waals surface area (Å²) in [5, 5.41) is 10.5. The lowest BCUT2D eigenvalue weighted by molar-refractivity contribution is 0.188. The molecule has 1 aromatic carbocycles. The van der Waals surface area contributed by atoms with Crippen LogP contribution in [0.5, 0.6) is 5.75 Å². The van der Waals surface area contributed by atoms with Crippen LogP contribution in [0, 0.1) is 6.92 Å². The zero-order chi connectivity index (χ0) is 19.7. The standard InChI is InChI=1S/C20H23ClN4O2S/c1-13-16(14-3-5-15(27-2)6-4-14)17-18(22-20(21)23-19(17)28-13)25-9-7-24(8-10-25)11-12-26/h3-6,26H,7-12H2,1-2H3. The Bertz CT molecular complexity index is 968. The Morgan fingerprint density at radius 2 is 1.86 bits per heavy atom. The van der Waals surface area contributed by atoms with E-state index in [4.69, 9.17) is 16.3 Å². The topological polar surface area (TPSA) is 61.7 Å². The van der Waals surface area contributed by atoms with Crippen LogP contribution in [-0.2, 0) is 0 Å². The molecule has 1 N–H and O–H groups in total. The minimum absolute atomic E-state index is 0.189. The Morgan fingerprint density at radius 3 is 2.50 bits per heavy atom. The summed E-state index contributed by atoms with van der Waals surface area (Å²) in [4.78, 5) is 15.8. The van der Waals surface area contributed by atoms with Crippen molar-refractivity contribution in [1.29, 1.82) is 0 Å². The van der Waals surface area contributed by atoms with E-state index >= 15 is 0 Å². The molecule has 0 amide bonds. The maximum atomic E-state index is 9.18. The molecule has 1 aliphatic rings. The van der Waals surface area contributed by atoms with Gasteiger partial charge in [0.15, 0.2) is 0 Å². The van der Waals surface area contributed by atoms with E-state index in [0.29, 0.717) is 6.54 Å². The van der Waals surface area contributed by atoms with Crippen LogP contribution in [0.15, 0.2) is 24.3 Å². The molecule has 4 rings (SSSR count). The van der Waals surface area contributed by atoms with Crippen LogP contribution in [-0.4, -0.2) is 66.4 Å². The summed E-state index contributed by atoms with van der Waals surface area (Å²) >= 11 is 7.91. The van der Waals surface area contributed by atoms with Crippen LogP contribution in [0.1, 0.15) is 4.88 Å². The molecule has 2 aromatic heterocycles. The summed E-state index contributed by atoms with van der Waals surface area (Å²) < 4.78 is 5.30. The van der Waals surface area contributed by atoms with E-state index < -0.39 is 0 Å². The van der Waals surface area contributed by atoms with Crippen LogP contribution in [0.2, 0.25) is 5.28 Å². The Hall–Kier alpha value is -1.93. The fraction of sp³-hybridized carbons (Fsp3) is 0.400. The van der Waals surface area contributed by atoms with Crippen LogP contribution in [0.3, 0.4) is 0 Å². The molecule has 0 radical (unpaired) electrons. The zero-order valence-corrected chi connectivity index (χ0v) is 17.6. The first-order valence-corrected chi connectivity index (χ1v) is 10.5. The number of nitrogens with zero attached hydrogens (tertiary/aromatic N) is 4. The highest BCUT2D eigenvalue weighted by Gasteiger charge is 2.24. The van der Waals surface area contributed by atoms with Gasteiger partial charge in [-0.1, -0.05) is 12.1 Å². The molecule has 0 bridgehead atoms. The number of anilines is 1. The molecule has 28 heavy (non-hydrogen) atoms. The van der Waals surface area contributed by atoms with Gasteiger partial charge in [-0.15, -0.1) is 11.3 Å². The number of aliphatic hydroxyl groups excluding tert-OH is 1. The second kappa shape index (κ2) is 8.21. The van der Waals surface area contributed by atoms with E-state index in [9.17, 15) is 5.11 Å². The maximum Gasteiger partial charge on any atom is 0.225 e. The molecule has 0 spiro atoms. The second-order valence-electron chi connectivity index (χ2n) is 6.81. The molecule has 148 valence electrons. The molecule has 1 saturated heterocycles. The number of hydrogen-bond acceptors (Lipinski definition) is 7. The zero-order valence-electron chi connectivity index (χ0n) is 16.0. The Morgan fingerprint density at radius 1 is 1.14 bits per heavy atom. The lowest BCUT2D eigenvalue weighted by Gasteiger charge is -2.35. The first-order valence-electron chi connectivity index (χ1n) is 9.30. The fourth-order valence-corrected chi connectivity index (χ4v) is 4.98. The summed E-state index contributed by atoms with van der Waals surface area (Å²) in [6, 6.07) is 8.10. The Labute approximate surface area is 173 Å². The first kappa shape index (κ1) is 19.4. The van der Waals surface area contributed by atoms with Gasteiger partial charge in [-0.2, -0.15) is 4.98 Å². The van der Waals surface area contributed by atoms with Crippen LogP contribution >= 0.6 is 22.9 Å². The van der Waals surface area contributed by atoms with Crippen molar-refractivity contribution in [2.45, 2.75) is 6.92 Å². The number of hydrogen-bond donors (Lipinski definition) is 1. The van der Waals surface area contributed by atoms with Crippen molar-refractivity contribution >= 4 is 39.0 Å². The van der Waals surface area contributed by atoms with Crippen LogP contribution in [0.25, 0.3) is 21.3 Å². The molecular weight excluding hydrogens is 396 g/mol. The van der Waals surface area contributed by atoms with Crippen LogP contribution < -0.4 is 9.64 Å². The van der Waals surface area contributed by atoms with Crippen molar-refractivity contribution < 1.29 is 9.84 Å². The van der Waals surface area contributed by atoms with Gasteiger partial charge in [0.25, 0.3) is 0 Å². The molecule has 1 aliphatic heterocycles. The highest BCUT2D eigenvalue weighted by atomic mass is 35.5. The number of rotatable bonds is 5. The summed E-state index contributed by atoms with van der Waals surface area (Å²) in [6.07, 6.45) is 0. The fourth-order valence-electron chi connectivity index (χ4n) is 3.73. The van der Waals surface area contributed by atoms with Crippen molar-refractivity contribution in [3.63, 3.8) is 0 Å². The number of piperazine rings is 1. The maximum absolute atomic E-state index is 9.18. The van der Waals surface area contributed by atoms with E-state index in [1.807, 2.05) is 12.1 Å². The normalized spacial score (nSPS) is 15.4. The van der Waals surface area contributed by atoms with Gasteiger partial charge in [-0.05, 0) is 36.2 Å². The molecule has 0 atom stereocenters. The molecule has 0 aliphatic carbocycles. The molecule has 1 fully saturated rings. The summed E-state index contributed by atoms with van der Waals surface area (Å²) in [6.45, 7) is 6.49. The predicted octanol–water partition coefficient (Wildman–Crippen LogP) is 3.44. The molecular formula is C20H23ClN4O2S. The van der Waals surface area contributed by atoms with Gasteiger partial charge in [0.2, 0.25) is 5.28 Å². The highest BCUT2D eigenvalue weighted by Crippen LogP contribution is 2.42. The van der Waals surface area contributed by atoms with Crippen molar-refractivity contribution in [3.05, 3.63) is 34.4 Å². The summed E-state index contributed by atoms with van der Waals surface area (Å²) in [5.41, 5.74) is 2.28. The van der Waals surface area contributed by atoms with E-state index in [1.54, 1.807) is 18.4 Å². The first-order chi connectivity index (χ1) is 13.6. The third kappa shape index (κ3) is 3.67. The summed E-state index contributed by atoms with van der Waals surface area (Å²) in [5.74, 6) is 1.73. The number of aryl methyl sites for hydroxylation is 1. The third-order valence-electron chi connectivity index (χ3n) is 5.15. The molecule has 6 nitrogen and oxygen atoms in total. The number of ether oxygens (including phenoxy) is 1. The number of fused-ring (bicyclic) bond motifs is 1. The number of halogens is 1. The minimum atomic E-state index is 0.189. The lowest BCUT2D eigenvalue weighted by Crippen LogP contribution is -2.47. The largest absolute Gasteiger partial charge is 0.497 e. The van der Waals surface area contributed by atoms with Crippen LogP contribution in [0.4, 0.5) is 5.82 Å². The van der Waals surface area contributed by atoms with Gasteiger partial charge in [0, 0.05) is 43.2 Å². The highest BCUT2D eigenvalue weighted by molar-refractivity contribution is 7.19. The van der Waals surface area contributed by atoms with E-state index in [-0.39, 0.29) is 11.9 Å². The Balaban J connectivity index is 1.78.